The van der Waals surface area contributed by atoms with Gasteiger partial charge in [-0.25, -0.2) is 0 Å². The maximum atomic E-state index is 12.7. The molecular formula is C30H38NO2+. The SMILES string of the molecule is CCCCC[C@@H]1[C@@H](c2ccccc2)[NH+](C)[C@H](c2ccccc2)C[C@]1(O)c1ccccc1OC. The van der Waals surface area contributed by atoms with Crippen LogP contribution in [0.15, 0.2) is 84.9 Å². The summed E-state index contributed by atoms with van der Waals surface area (Å²) in [6.45, 7) is 2.24. The van der Waals surface area contributed by atoms with E-state index in [4.69, 9.17) is 4.74 Å². The number of hydrogen-bond acceptors (Lipinski definition) is 2. The van der Waals surface area contributed by atoms with Crippen LogP contribution in [-0.2, 0) is 5.60 Å². The van der Waals surface area contributed by atoms with E-state index in [9.17, 15) is 5.11 Å². The average Bonchev–Trinajstić information content (AvgIpc) is 2.87. The van der Waals surface area contributed by atoms with E-state index in [1.165, 1.54) is 28.9 Å². The van der Waals surface area contributed by atoms with Crippen molar-refractivity contribution in [1.29, 1.82) is 0 Å². The van der Waals surface area contributed by atoms with Crippen LogP contribution < -0.4 is 9.64 Å². The lowest BCUT2D eigenvalue weighted by atomic mass is 9.65. The Kier molecular flexibility index (Phi) is 7.52. The minimum absolute atomic E-state index is 0.0858. The molecule has 0 aromatic heterocycles. The molecule has 5 atom stereocenters. The van der Waals surface area contributed by atoms with Crippen LogP contribution >= 0.6 is 0 Å². The zero-order valence-corrected chi connectivity index (χ0v) is 20.2. The second-order valence-electron chi connectivity index (χ2n) is 9.53. The van der Waals surface area contributed by atoms with Gasteiger partial charge in [0, 0.05) is 29.0 Å². The molecule has 1 heterocycles. The number of para-hydroxylation sites is 1. The zero-order chi connectivity index (χ0) is 23.3. The van der Waals surface area contributed by atoms with Crippen molar-refractivity contribution in [2.75, 3.05) is 14.2 Å². The van der Waals surface area contributed by atoms with Crippen LogP contribution in [-0.4, -0.2) is 19.3 Å². The van der Waals surface area contributed by atoms with E-state index in [1.807, 2.05) is 18.2 Å². The zero-order valence-electron chi connectivity index (χ0n) is 20.2. The van der Waals surface area contributed by atoms with Gasteiger partial charge in [-0.05, 0) is 12.5 Å². The van der Waals surface area contributed by atoms with Gasteiger partial charge in [-0.3, -0.25) is 0 Å². The van der Waals surface area contributed by atoms with Gasteiger partial charge in [-0.2, -0.15) is 0 Å². The van der Waals surface area contributed by atoms with E-state index >= 15 is 0 Å². The summed E-state index contributed by atoms with van der Waals surface area (Å²) in [5, 5.41) is 12.7. The predicted octanol–water partition coefficient (Wildman–Crippen LogP) is 5.48. The van der Waals surface area contributed by atoms with E-state index in [-0.39, 0.29) is 18.0 Å². The summed E-state index contributed by atoms with van der Waals surface area (Å²) >= 11 is 0. The van der Waals surface area contributed by atoms with Crippen LogP contribution in [0.2, 0.25) is 0 Å². The van der Waals surface area contributed by atoms with E-state index in [0.29, 0.717) is 6.42 Å². The quantitative estimate of drug-likeness (QED) is 0.451. The molecule has 3 aromatic carbocycles. The van der Waals surface area contributed by atoms with Gasteiger partial charge in [0.2, 0.25) is 0 Å². The average molecular weight is 445 g/mol. The standard InChI is InChI=1S/C30H37NO2/c1-4-5-8-20-26-29(24-17-11-7-12-18-24)31(2)27(23-15-9-6-10-16-23)22-30(26,32)25-19-13-14-21-28(25)33-3/h6-7,9-19,21,26-27,29,32H,4-5,8,20,22H2,1-3H3/p+1/t26-,27+,29-,30+/m1/s1. The highest BCUT2D eigenvalue weighted by molar-refractivity contribution is 5.40. The Morgan fingerprint density at radius 2 is 1.48 bits per heavy atom. The first-order chi connectivity index (χ1) is 16.1. The minimum Gasteiger partial charge on any atom is -0.496 e. The Labute approximate surface area is 199 Å². The lowest BCUT2D eigenvalue weighted by Crippen LogP contribution is -3.12. The lowest BCUT2D eigenvalue weighted by molar-refractivity contribution is -0.958. The summed E-state index contributed by atoms with van der Waals surface area (Å²) < 4.78 is 5.78. The van der Waals surface area contributed by atoms with Crippen molar-refractivity contribution in [2.24, 2.45) is 5.92 Å². The first-order valence-corrected chi connectivity index (χ1v) is 12.4. The number of aliphatic hydroxyl groups is 1. The number of benzene rings is 3. The molecule has 0 spiro atoms. The number of piperidine rings is 1. The lowest BCUT2D eigenvalue weighted by Gasteiger charge is -2.51. The molecule has 0 radical (unpaired) electrons. The van der Waals surface area contributed by atoms with Crippen LogP contribution in [0.25, 0.3) is 0 Å². The van der Waals surface area contributed by atoms with Gasteiger partial charge in [0.1, 0.15) is 23.4 Å². The summed E-state index contributed by atoms with van der Waals surface area (Å²) in [6, 6.07) is 29.9. The van der Waals surface area contributed by atoms with E-state index in [1.54, 1.807) is 7.11 Å². The van der Waals surface area contributed by atoms with Crippen molar-refractivity contribution in [2.45, 2.75) is 56.7 Å². The number of likely N-dealkylation sites (tertiary alicyclic amines) is 1. The highest BCUT2D eigenvalue weighted by Gasteiger charge is 2.55. The Hall–Kier alpha value is -2.62. The van der Waals surface area contributed by atoms with Gasteiger partial charge in [0.15, 0.2) is 0 Å². The number of quaternary nitrogens is 1. The highest BCUT2D eigenvalue weighted by Crippen LogP contribution is 2.50. The van der Waals surface area contributed by atoms with E-state index in [0.717, 1.165) is 24.2 Å². The molecule has 0 bridgehead atoms. The second kappa shape index (κ2) is 10.5. The molecule has 174 valence electrons. The number of rotatable bonds is 8. The van der Waals surface area contributed by atoms with Crippen LogP contribution in [0.5, 0.6) is 5.75 Å². The molecule has 0 amide bonds. The fourth-order valence-corrected chi connectivity index (χ4v) is 5.99. The van der Waals surface area contributed by atoms with Gasteiger partial charge in [-0.15, -0.1) is 0 Å². The Bertz CT molecular complexity index is 1010. The van der Waals surface area contributed by atoms with Gasteiger partial charge in [-0.1, -0.05) is 105 Å². The van der Waals surface area contributed by atoms with Gasteiger partial charge < -0.3 is 14.7 Å². The number of unbranched alkanes of at least 4 members (excludes halogenated alkanes) is 2. The normalized spacial score (nSPS) is 27.3. The molecule has 3 heteroatoms. The number of nitrogens with one attached hydrogen (secondary N) is 1. The smallest absolute Gasteiger partial charge is 0.124 e. The maximum Gasteiger partial charge on any atom is 0.124 e. The monoisotopic (exact) mass is 444 g/mol. The van der Waals surface area contributed by atoms with Gasteiger partial charge in [0.25, 0.3) is 0 Å². The molecule has 1 aliphatic rings. The molecule has 3 nitrogen and oxygen atoms in total. The summed E-state index contributed by atoms with van der Waals surface area (Å²) in [4.78, 5) is 1.45. The topological polar surface area (TPSA) is 33.9 Å². The molecule has 0 aliphatic carbocycles. The largest absolute Gasteiger partial charge is 0.496 e. The molecule has 1 aliphatic heterocycles. The predicted molar refractivity (Wildman–Crippen MR) is 134 cm³/mol. The summed E-state index contributed by atoms with van der Waals surface area (Å²) in [5.41, 5.74) is 2.51. The fraction of sp³-hybridized carbons (Fsp3) is 0.400. The third kappa shape index (κ3) is 4.71. The molecule has 3 aromatic rings. The molecular weight excluding hydrogens is 406 g/mol. The number of methoxy groups -OCH3 is 1. The van der Waals surface area contributed by atoms with Gasteiger partial charge in [0.05, 0.1) is 14.2 Å². The maximum absolute atomic E-state index is 12.7. The van der Waals surface area contributed by atoms with Crippen molar-refractivity contribution in [3.05, 3.63) is 102 Å². The molecule has 0 saturated carbocycles. The van der Waals surface area contributed by atoms with Crippen molar-refractivity contribution >= 4 is 0 Å². The first kappa shape index (κ1) is 23.5. The molecule has 4 rings (SSSR count). The van der Waals surface area contributed by atoms with Crippen LogP contribution in [0.1, 0.15) is 67.8 Å². The third-order valence-electron chi connectivity index (χ3n) is 7.62. The Morgan fingerprint density at radius 1 is 0.879 bits per heavy atom. The number of ether oxygens (including phenoxy) is 1. The molecule has 33 heavy (non-hydrogen) atoms. The van der Waals surface area contributed by atoms with Crippen LogP contribution in [0.3, 0.4) is 0 Å². The molecule has 1 fully saturated rings. The van der Waals surface area contributed by atoms with E-state index in [2.05, 4.69) is 80.7 Å². The summed E-state index contributed by atoms with van der Waals surface area (Å²) in [6.07, 6.45) is 5.13. The van der Waals surface area contributed by atoms with Crippen LogP contribution in [0, 0.1) is 5.92 Å². The minimum atomic E-state index is -0.985. The van der Waals surface area contributed by atoms with Crippen molar-refractivity contribution in [1.82, 2.24) is 0 Å². The molecule has 1 unspecified atom stereocenters. The summed E-state index contributed by atoms with van der Waals surface area (Å²) in [5.74, 6) is 0.862. The van der Waals surface area contributed by atoms with Crippen molar-refractivity contribution < 1.29 is 14.7 Å². The Balaban J connectivity index is 1.88. The molecule has 2 N–H and O–H groups in total. The number of hydrogen-bond donors (Lipinski definition) is 2. The first-order valence-electron chi connectivity index (χ1n) is 12.4. The Morgan fingerprint density at radius 3 is 2.12 bits per heavy atom. The van der Waals surface area contributed by atoms with E-state index < -0.39 is 5.60 Å². The van der Waals surface area contributed by atoms with Gasteiger partial charge >= 0.3 is 0 Å². The fourth-order valence-electron chi connectivity index (χ4n) is 5.99. The second-order valence-corrected chi connectivity index (χ2v) is 9.53. The highest BCUT2D eigenvalue weighted by atomic mass is 16.5. The third-order valence-corrected chi connectivity index (χ3v) is 7.62. The van der Waals surface area contributed by atoms with Crippen LogP contribution in [0.4, 0.5) is 0 Å². The van der Waals surface area contributed by atoms with Crippen molar-refractivity contribution in [3.8, 4) is 5.75 Å². The molecule has 1 saturated heterocycles. The summed E-state index contributed by atoms with van der Waals surface area (Å²) in [7, 11) is 4.02. The van der Waals surface area contributed by atoms with Crippen molar-refractivity contribution in [3.63, 3.8) is 0 Å².